The quantitative estimate of drug-likeness (QED) is 0.509. The van der Waals surface area contributed by atoms with E-state index in [0.29, 0.717) is 0 Å². The molecule has 0 aromatic heterocycles. The van der Waals surface area contributed by atoms with Crippen molar-refractivity contribution in [3.05, 3.63) is 0 Å². The fourth-order valence-corrected chi connectivity index (χ4v) is 0.604. The maximum absolute atomic E-state index is 10.9. The van der Waals surface area contributed by atoms with Crippen LogP contribution in [0.3, 0.4) is 0 Å². The summed E-state index contributed by atoms with van der Waals surface area (Å²) >= 11 is 0. The molecule has 0 spiro atoms. The van der Waals surface area contributed by atoms with Gasteiger partial charge in [-0.3, -0.25) is 4.57 Å². The van der Waals surface area contributed by atoms with E-state index >= 15 is 0 Å². The average molecular weight is 143 g/mol. The smallest absolute Gasteiger partial charge is 0.274 e. The van der Waals surface area contributed by atoms with Crippen molar-refractivity contribution in [1.82, 2.24) is 4.67 Å². The first-order chi connectivity index (χ1) is 4.06. The first kappa shape index (κ1) is 8.17. The van der Waals surface area contributed by atoms with Crippen LogP contribution in [0, 0.1) is 22.1 Å². The molecule has 0 saturated heterocycles. The first-order valence-electron chi connectivity index (χ1n) is 2.17. The molecule has 0 aromatic carbocycles. The van der Waals surface area contributed by atoms with Gasteiger partial charge in [0.25, 0.3) is 0 Å². The third-order valence-corrected chi connectivity index (χ3v) is 2.50. The van der Waals surface area contributed by atoms with Crippen molar-refractivity contribution in [3.8, 4) is 11.6 Å². The predicted octanol–water partition coefficient (Wildman–Crippen LogP) is 0.788. The van der Waals surface area contributed by atoms with Gasteiger partial charge in [0, 0.05) is 0 Å². The molecule has 0 saturated carbocycles. The Morgan fingerprint density at radius 2 is 1.67 bits per heavy atom. The molecule has 0 aliphatic heterocycles. The van der Waals surface area contributed by atoms with E-state index in [2.05, 4.69) is 0 Å². The van der Waals surface area contributed by atoms with Gasteiger partial charge >= 0.3 is 7.29 Å². The molecule has 0 atom stereocenters. The van der Waals surface area contributed by atoms with Crippen LogP contribution in [0.1, 0.15) is 0 Å². The van der Waals surface area contributed by atoms with Gasteiger partial charge in [-0.05, 0) is 14.1 Å². The minimum atomic E-state index is -3.31. The standard InChI is InChI=1S/C4H6N3OP/c1-7(2)9(8,3-5)4-6/h1-2H3. The van der Waals surface area contributed by atoms with Crippen LogP contribution in [-0.4, -0.2) is 18.8 Å². The Kier molecular flexibility index (Phi) is 2.40. The summed E-state index contributed by atoms with van der Waals surface area (Å²) in [6.07, 6.45) is 0. The van der Waals surface area contributed by atoms with Crippen LogP contribution in [0.15, 0.2) is 0 Å². The summed E-state index contributed by atoms with van der Waals surface area (Å²) in [6, 6.07) is 0. The van der Waals surface area contributed by atoms with Crippen molar-refractivity contribution in [3.63, 3.8) is 0 Å². The SMILES string of the molecule is CN(C)P(=O)(C#N)C#N. The summed E-state index contributed by atoms with van der Waals surface area (Å²) in [5.74, 6) is 2.90. The second kappa shape index (κ2) is 2.64. The van der Waals surface area contributed by atoms with Gasteiger partial charge in [-0.25, -0.2) is 4.67 Å². The largest absolute Gasteiger partial charge is 0.339 e. The summed E-state index contributed by atoms with van der Waals surface area (Å²) in [5.41, 5.74) is 0. The Morgan fingerprint density at radius 1 is 1.33 bits per heavy atom. The Labute approximate surface area is 53.7 Å². The average Bonchev–Trinajstić information content (AvgIpc) is 1.86. The van der Waals surface area contributed by atoms with E-state index in [1.54, 1.807) is 0 Å². The van der Waals surface area contributed by atoms with Crippen molar-refractivity contribution in [2.24, 2.45) is 0 Å². The minimum Gasteiger partial charge on any atom is -0.274 e. The van der Waals surface area contributed by atoms with E-state index in [9.17, 15) is 4.57 Å². The highest BCUT2D eigenvalue weighted by molar-refractivity contribution is 7.71. The molecule has 0 bridgehead atoms. The second-order valence-electron chi connectivity index (χ2n) is 1.62. The molecule has 9 heavy (non-hydrogen) atoms. The Balaban J connectivity index is 4.62. The highest BCUT2D eigenvalue weighted by Gasteiger charge is 2.22. The first-order valence-corrected chi connectivity index (χ1v) is 3.83. The monoisotopic (exact) mass is 143 g/mol. The number of hydrogen-bond acceptors (Lipinski definition) is 3. The molecular formula is C4H6N3OP. The molecule has 5 heteroatoms. The second-order valence-corrected chi connectivity index (χ2v) is 3.98. The molecule has 0 N–H and O–H groups in total. The molecule has 0 aliphatic rings. The summed E-state index contributed by atoms with van der Waals surface area (Å²) in [7, 11) is -0.433. The summed E-state index contributed by atoms with van der Waals surface area (Å²) in [6.45, 7) is 0. The number of nitriles is 2. The molecule has 0 amide bonds. The van der Waals surface area contributed by atoms with Crippen LogP contribution in [0.2, 0.25) is 0 Å². The van der Waals surface area contributed by atoms with Gasteiger partial charge in [0.05, 0.1) is 0 Å². The molecule has 4 nitrogen and oxygen atoms in total. The van der Waals surface area contributed by atoms with Crippen LogP contribution >= 0.6 is 7.29 Å². The van der Waals surface area contributed by atoms with Gasteiger partial charge in [-0.1, -0.05) is 0 Å². The molecule has 0 aromatic rings. The fourth-order valence-electron chi connectivity index (χ4n) is 0.201. The highest BCUT2D eigenvalue weighted by atomic mass is 31.2. The van der Waals surface area contributed by atoms with E-state index in [1.165, 1.54) is 25.7 Å². The van der Waals surface area contributed by atoms with E-state index in [1.807, 2.05) is 0 Å². The summed E-state index contributed by atoms with van der Waals surface area (Å²) in [4.78, 5) is 0. The van der Waals surface area contributed by atoms with Crippen molar-refractivity contribution < 1.29 is 4.57 Å². The topological polar surface area (TPSA) is 67.9 Å². The summed E-state index contributed by atoms with van der Waals surface area (Å²) in [5, 5.41) is 16.4. The van der Waals surface area contributed by atoms with Crippen molar-refractivity contribution >= 4 is 7.29 Å². The maximum atomic E-state index is 10.9. The molecule has 0 unspecified atom stereocenters. The predicted molar refractivity (Wildman–Crippen MR) is 32.5 cm³/mol. The van der Waals surface area contributed by atoms with E-state index in [-0.39, 0.29) is 0 Å². The third-order valence-electron chi connectivity index (χ3n) is 0.834. The fraction of sp³-hybridized carbons (Fsp3) is 0.500. The molecule has 0 aliphatic carbocycles. The van der Waals surface area contributed by atoms with E-state index < -0.39 is 7.29 Å². The lowest BCUT2D eigenvalue weighted by molar-refractivity contribution is 0.534. The third kappa shape index (κ3) is 1.54. The zero-order chi connectivity index (χ0) is 7.49. The molecule has 0 radical (unpaired) electrons. The molecule has 0 heterocycles. The van der Waals surface area contributed by atoms with Gasteiger partial charge < -0.3 is 0 Å². The summed E-state index contributed by atoms with van der Waals surface area (Å²) < 4.78 is 12.0. The van der Waals surface area contributed by atoms with Gasteiger partial charge in [0.1, 0.15) is 0 Å². The van der Waals surface area contributed by atoms with Crippen LogP contribution < -0.4 is 0 Å². The number of hydrogen-bond donors (Lipinski definition) is 0. The Hall–Kier alpha value is -0.830. The number of nitrogens with zero attached hydrogens (tertiary/aromatic N) is 3. The molecule has 0 fully saturated rings. The van der Waals surface area contributed by atoms with Gasteiger partial charge in [0.2, 0.25) is 0 Å². The van der Waals surface area contributed by atoms with Gasteiger partial charge in [-0.2, -0.15) is 10.5 Å². The maximum Gasteiger partial charge on any atom is 0.339 e. The van der Waals surface area contributed by atoms with Crippen LogP contribution in [-0.2, 0) is 4.57 Å². The lowest BCUT2D eigenvalue weighted by atomic mass is 11.3. The van der Waals surface area contributed by atoms with Crippen molar-refractivity contribution in [2.75, 3.05) is 14.1 Å². The van der Waals surface area contributed by atoms with Crippen LogP contribution in [0.5, 0.6) is 0 Å². The molecule has 0 rings (SSSR count). The van der Waals surface area contributed by atoms with Crippen LogP contribution in [0.4, 0.5) is 0 Å². The zero-order valence-corrected chi connectivity index (χ0v) is 6.09. The minimum absolute atomic E-state index is 1.13. The Morgan fingerprint density at radius 3 is 1.67 bits per heavy atom. The van der Waals surface area contributed by atoms with Crippen LogP contribution in [0.25, 0.3) is 0 Å². The lowest BCUT2D eigenvalue weighted by Crippen LogP contribution is -2.04. The van der Waals surface area contributed by atoms with E-state index in [0.717, 1.165) is 4.67 Å². The van der Waals surface area contributed by atoms with E-state index in [4.69, 9.17) is 10.5 Å². The lowest BCUT2D eigenvalue weighted by Gasteiger charge is -2.07. The highest BCUT2D eigenvalue weighted by Crippen LogP contribution is 2.43. The number of rotatable bonds is 1. The molecule has 48 valence electrons. The molecular weight excluding hydrogens is 137 g/mol. The van der Waals surface area contributed by atoms with Crippen molar-refractivity contribution in [2.45, 2.75) is 0 Å². The van der Waals surface area contributed by atoms with Crippen molar-refractivity contribution in [1.29, 1.82) is 10.5 Å². The van der Waals surface area contributed by atoms with Gasteiger partial charge in [-0.15, -0.1) is 0 Å². The zero-order valence-electron chi connectivity index (χ0n) is 5.20. The normalized spacial score (nSPS) is 10.3. The van der Waals surface area contributed by atoms with Gasteiger partial charge in [0.15, 0.2) is 11.6 Å². The Bertz CT molecular complexity index is 203.